The molecule has 2 aromatic rings. The number of hydrogen-bond acceptors (Lipinski definition) is 3. The highest BCUT2D eigenvalue weighted by Gasteiger charge is 2.07. The number of halogens is 1. The number of rotatable bonds is 1. The molecule has 1 aromatic carbocycles. The Kier molecular flexibility index (Phi) is 2.01. The molecule has 0 saturated heterocycles. The zero-order chi connectivity index (χ0) is 10.1. The van der Waals surface area contributed by atoms with E-state index in [-0.39, 0.29) is 6.01 Å². The molecule has 0 saturated carbocycles. The second-order valence-electron chi connectivity index (χ2n) is 2.56. The Balaban J connectivity index is 2.46. The first-order chi connectivity index (χ1) is 6.65. The van der Waals surface area contributed by atoms with Crippen LogP contribution in [0.5, 0.6) is 0 Å². The number of anilines is 1. The van der Waals surface area contributed by atoms with Crippen LogP contribution in [0.2, 0.25) is 5.02 Å². The molecule has 1 heterocycles. The van der Waals surface area contributed by atoms with Gasteiger partial charge < -0.3 is 9.52 Å². The lowest BCUT2D eigenvalue weighted by molar-refractivity contribution is 0.209. The van der Waals surface area contributed by atoms with E-state index in [1.165, 1.54) is 0 Å². The zero-order valence-corrected chi connectivity index (χ0v) is 7.58. The molecule has 1 aromatic heterocycles. The van der Waals surface area contributed by atoms with Gasteiger partial charge in [0.2, 0.25) is 0 Å². The van der Waals surface area contributed by atoms with Crippen molar-refractivity contribution < 1.29 is 14.3 Å². The van der Waals surface area contributed by atoms with E-state index in [1.54, 1.807) is 18.2 Å². The highest BCUT2D eigenvalue weighted by atomic mass is 35.5. The van der Waals surface area contributed by atoms with Gasteiger partial charge in [-0.15, -0.1) is 0 Å². The molecule has 6 heteroatoms. The van der Waals surface area contributed by atoms with Crippen LogP contribution in [0.3, 0.4) is 0 Å². The maximum absolute atomic E-state index is 10.3. The van der Waals surface area contributed by atoms with Crippen LogP contribution in [0.4, 0.5) is 10.8 Å². The molecule has 0 spiro atoms. The summed E-state index contributed by atoms with van der Waals surface area (Å²) in [7, 11) is 0. The van der Waals surface area contributed by atoms with E-state index in [0.29, 0.717) is 16.1 Å². The summed E-state index contributed by atoms with van der Waals surface area (Å²) in [6.07, 6.45) is -1.22. The van der Waals surface area contributed by atoms with Gasteiger partial charge >= 0.3 is 12.1 Å². The van der Waals surface area contributed by atoms with Crippen molar-refractivity contribution in [3.8, 4) is 0 Å². The lowest BCUT2D eigenvalue weighted by atomic mass is 10.3. The van der Waals surface area contributed by atoms with Gasteiger partial charge in [-0.1, -0.05) is 11.6 Å². The van der Waals surface area contributed by atoms with E-state index < -0.39 is 6.09 Å². The number of aromatic nitrogens is 1. The number of nitrogens with zero attached hydrogens (tertiary/aromatic N) is 1. The Morgan fingerprint density at radius 2 is 2.36 bits per heavy atom. The monoisotopic (exact) mass is 212 g/mol. The third-order valence-electron chi connectivity index (χ3n) is 1.56. The average Bonchev–Trinajstić information content (AvgIpc) is 2.44. The van der Waals surface area contributed by atoms with Crippen molar-refractivity contribution in [1.82, 2.24) is 4.98 Å². The number of carbonyl (C=O) groups is 1. The number of hydrogen-bond donors (Lipinski definition) is 2. The van der Waals surface area contributed by atoms with Crippen LogP contribution >= 0.6 is 11.6 Å². The quantitative estimate of drug-likeness (QED) is 0.762. The van der Waals surface area contributed by atoms with E-state index in [4.69, 9.17) is 21.1 Å². The summed E-state index contributed by atoms with van der Waals surface area (Å²) < 4.78 is 5.07. The molecule has 2 rings (SSSR count). The van der Waals surface area contributed by atoms with Crippen molar-refractivity contribution >= 4 is 34.8 Å². The van der Waals surface area contributed by atoms with Crippen LogP contribution in [-0.2, 0) is 0 Å². The minimum absolute atomic E-state index is 0.0604. The first kappa shape index (κ1) is 8.83. The zero-order valence-electron chi connectivity index (χ0n) is 6.82. The summed E-state index contributed by atoms with van der Waals surface area (Å²) in [4.78, 5) is 14.1. The molecule has 72 valence electrons. The number of nitrogens with one attached hydrogen (secondary N) is 1. The smallest absolute Gasteiger partial charge is 0.412 e. The molecule has 0 fully saturated rings. The fraction of sp³-hybridized carbons (Fsp3) is 0. The van der Waals surface area contributed by atoms with Gasteiger partial charge in [-0.2, -0.15) is 4.98 Å². The molecular weight excluding hydrogens is 208 g/mol. The summed E-state index contributed by atoms with van der Waals surface area (Å²) >= 11 is 5.72. The Morgan fingerprint density at radius 3 is 3.07 bits per heavy atom. The maximum atomic E-state index is 10.3. The van der Waals surface area contributed by atoms with Crippen molar-refractivity contribution in [3.63, 3.8) is 0 Å². The number of benzene rings is 1. The van der Waals surface area contributed by atoms with E-state index in [0.717, 1.165) is 0 Å². The Hall–Kier alpha value is -1.75. The van der Waals surface area contributed by atoms with Gasteiger partial charge in [0.25, 0.3) is 0 Å². The number of amides is 1. The molecular formula is C8H5ClN2O3. The summed E-state index contributed by atoms with van der Waals surface area (Å²) in [5.41, 5.74) is 0.999. The number of carboxylic acid groups (broad SMARTS) is 1. The molecule has 1 amide bonds. The van der Waals surface area contributed by atoms with Gasteiger partial charge in [-0.3, -0.25) is 0 Å². The lowest BCUT2D eigenvalue weighted by Crippen LogP contribution is -2.06. The Morgan fingerprint density at radius 1 is 1.57 bits per heavy atom. The molecule has 0 unspecified atom stereocenters. The molecule has 2 N–H and O–H groups in total. The van der Waals surface area contributed by atoms with Crippen molar-refractivity contribution in [1.29, 1.82) is 0 Å². The molecule has 5 nitrogen and oxygen atoms in total. The van der Waals surface area contributed by atoms with Crippen molar-refractivity contribution in [3.05, 3.63) is 23.2 Å². The van der Waals surface area contributed by atoms with Crippen molar-refractivity contribution in [2.75, 3.05) is 5.32 Å². The van der Waals surface area contributed by atoms with Crippen LogP contribution in [-0.4, -0.2) is 16.2 Å². The average molecular weight is 213 g/mol. The van der Waals surface area contributed by atoms with E-state index in [1.807, 2.05) is 5.32 Å². The van der Waals surface area contributed by atoms with Gasteiger partial charge in [-0.25, -0.2) is 10.1 Å². The third kappa shape index (κ3) is 1.62. The summed E-state index contributed by atoms with van der Waals surface area (Å²) in [5, 5.41) is 10.9. The summed E-state index contributed by atoms with van der Waals surface area (Å²) in [6, 6.07) is 4.79. The van der Waals surface area contributed by atoms with Crippen LogP contribution in [0.15, 0.2) is 22.6 Å². The lowest BCUT2D eigenvalue weighted by Gasteiger charge is -1.89. The van der Waals surface area contributed by atoms with Gasteiger partial charge in [0.15, 0.2) is 5.58 Å². The fourth-order valence-corrected chi connectivity index (χ4v) is 1.21. The molecule has 0 bridgehead atoms. The number of oxazole rings is 1. The van der Waals surface area contributed by atoms with Crippen molar-refractivity contribution in [2.24, 2.45) is 0 Å². The van der Waals surface area contributed by atoms with E-state index in [2.05, 4.69) is 4.98 Å². The highest BCUT2D eigenvalue weighted by Crippen LogP contribution is 2.21. The molecule has 0 aliphatic carbocycles. The second kappa shape index (κ2) is 3.19. The van der Waals surface area contributed by atoms with Crippen LogP contribution < -0.4 is 5.32 Å². The van der Waals surface area contributed by atoms with Crippen molar-refractivity contribution in [2.45, 2.75) is 0 Å². The standard InChI is InChI=1S/C8H5ClN2O3/c9-4-1-2-6-5(3-4)10-7(14-6)11-8(12)13/h1-3H,(H,10,11)(H,12,13). The van der Waals surface area contributed by atoms with Gasteiger partial charge in [0.05, 0.1) is 0 Å². The number of fused-ring (bicyclic) bond motifs is 1. The Bertz CT molecular complexity index is 494. The normalized spacial score (nSPS) is 10.4. The SMILES string of the molecule is O=C(O)Nc1nc2cc(Cl)ccc2o1. The van der Waals surface area contributed by atoms with E-state index in [9.17, 15) is 4.79 Å². The Labute approximate surface area is 83.3 Å². The molecule has 14 heavy (non-hydrogen) atoms. The molecule has 0 atom stereocenters. The molecule has 0 radical (unpaired) electrons. The second-order valence-corrected chi connectivity index (χ2v) is 3.00. The largest absolute Gasteiger partial charge is 0.465 e. The molecule has 0 aliphatic heterocycles. The first-order valence-electron chi connectivity index (χ1n) is 3.71. The van der Waals surface area contributed by atoms with Crippen LogP contribution in [0, 0.1) is 0 Å². The minimum Gasteiger partial charge on any atom is -0.465 e. The third-order valence-corrected chi connectivity index (χ3v) is 1.80. The van der Waals surface area contributed by atoms with Gasteiger partial charge in [0.1, 0.15) is 5.52 Å². The maximum Gasteiger partial charge on any atom is 0.412 e. The van der Waals surface area contributed by atoms with Gasteiger partial charge in [0, 0.05) is 5.02 Å². The van der Waals surface area contributed by atoms with Crippen LogP contribution in [0.25, 0.3) is 11.1 Å². The summed E-state index contributed by atoms with van der Waals surface area (Å²) in [6.45, 7) is 0. The van der Waals surface area contributed by atoms with Gasteiger partial charge in [-0.05, 0) is 18.2 Å². The highest BCUT2D eigenvalue weighted by molar-refractivity contribution is 6.31. The molecule has 0 aliphatic rings. The fourth-order valence-electron chi connectivity index (χ4n) is 1.05. The minimum atomic E-state index is -1.22. The topological polar surface area (TPSA) is 75.4 Å². The predicted molar refractivity (Wildman–Crippen MR) is 50.7 cm³/mol. The van der Waals surface area contributed by atoms with E-state index >= 15 is 0 Å². The summed E-state index contributed by atoms with van der Waals surface area (Å²) in [5.74, 6) is 0. The first-order valence-corrected chi connectivity index (χ1v) is 4.09. The predicted octanol–water partition coefficient (Wildman–Crippen LogP) is 2.57. The van der Waals surface area contributed by atoms with Crippen LogP contribution in [0.1, 0.15) is 0 Å².